The Labute approximate surface area is 185 Å². The molecule has 11 heteroatoms. The molecule has 1 aromatic carbocycles. The van der Waals surface area contributed by atoms with Crippen molar-refractivity contribution in [2.45, 2.75) is 61.7 Å². The summed E-state index contributed by atoms with van der Waals surface area (Å²) in [6, 6.07) is 6.44. The molecule has 0 radical (unpaired) electrons. The fraction of sp³-hybridized carbons (Fsp3) is 0.636. The maximum Gasteiger partial charge on any atom is 0.490 e. The molecule has 0 saturated heterocycles. The molecule has 2 unspecified atom stereocenters. The number of alkyl halides is 6. The molecule has 5 nitrogen and oxygen atoms in total. The van der Waals surface area contributed by atoms with Crippen LogP contribution in [-0.2, 0) is 19.1 Å². The van der Waals surface area contributed by atoms with Crippen LogP contribution < -0.4 is 5.32 Å². The maximum atomic E-state index is 13.2. The smallest absolute Gasteiger partial charge is 0.452 e. The third kappa shape index (κ3) is 4.31. The lowest BCUT2D eigenvalue weighted by Crippen LogP contribution is -2.68. The predicted octanol–water partition coefficient (Wildman–Crippen LogP) is 4.48. The van der Waals surface area contributed by atoms with E-state index < -0.39 is 53.3 Å². The normalized spacial score (nSPS) is 34.1. The second kappa shape index (κ2) is 7.89. The van der Waals surface area contributed by atoms with Gasteiger partial charge in [0.25, 0.3) is 0 Å². The number of esters is 1. The van der Waals surface area contributed by atoms with E-state index in [1.807, 2.05) is 5.32 Å². The van der Waals surface area contributed by atoms with Crippen molar-refractivity contribution in [3.63, 3.8) is 0 Å². The van der Waals surface area contributed by atoms with Gasteiger partial charge in [-0.3, -0.25) is 4.79 Å². The first-order valence-electron chi connectivity index (χ1n) is 10.6. The van der Waals surface area contributed by atoms with Crippen molar-refractivity contribution >= 4 is 11.9 Å². The van der Waals surface area contributed by atoms with Gasteiger partial charge in [-0.2, -0.15) is 26.3 Å². The lowest BCUT2D eigenvalue weighted by atomic mass is 9.46. The van der Waals surface area contributed by atoms with Gasteiger partial charge in [0, 0.05) is 19.4 Å². The molecule has 0 heterocycles. The first kappa shape index (κ1) is 23.8. The molecule has 4 fully saturated rings. The van der Waals surface area contributed by atoms with Gasteiger partial charge in [-0.25, -0.2) is 4.79 Å². The van der Waals surface area contributed by atoms with Gasteiger partial charge in [-0.05, 0) is 43.1 Å². The van der Waals surface area contributed by atoms with E-state index in [0.29, 0.717) is 24.8 Å². The highest BCUT2D eigenvalue weighted by Crippen LogP contribution is 2.65. The van der Waals surface area contributed by atoms with E-state index in [0.717, 1.165) is 0 Å². The van der Waals surface area contributed by atoms with Crippen LogP contribution in [0.3, 0.4) is 0 Å². The number of benzene rings is 1. The zero-order valence-corrected chi connectivity index (χ0v) is 17.6. The summed E-state index contributed by atoms with van der Waals surface area (Å²) >= 11 is 0. The highest BCUT2D eigenvalue weighted by Gasteiger charge is 2.68. The minimum absolute atomic E-state index is 0.0618. The lowest BCUT2D eigenvalue weighted by molar-refractivity contribution is -0.274. The van der Waals surface area contributed by atoms with Gasteiger partial charge >= 0.3 is 24.2 Å². The monoisotopic (exact) mass is 479 g/mol. The third-order valence-electron chi connectivity index (χ3n) is 7.32. The molecule has 0 aliphatic heterocycles. The summed E-state index contributed by atoms with van der Waals surface area (Å²) in [4.78, 5) is 23.9. The molecule has 5 rings (SSSR count). The molecule has 33 heavy (non-hydrogen) atoms. The molecule has 1 aromatic rings. The topological polar surface area (TPSA) is 64.6 Å². The van der Waals surface area contributed by atoms with E-state index in [-0.39, 0.29) is 18.8 Å². The van der Waals surface area contributed by atoms with Crippen LogP contribution in [0.2, 0.25) is 0 Å². The van der Waals surface area contributed by atoms with Crippen LogP contribution in [0.25, 0.3) is 0 Å². The Hall–Kier alpha value is -2.30. The second-order valence-corrected chi connectivity index (χ2v) is 9.38. The Morgan fingerprint density at radius 2 is 1.70 bits per heavy atom. The Balaban J connectivity index is 1.80. The number of hydrogen-bond donors (Lipinski definition) is 1. The number of methoxy groups -OCH3 is 1. The molecule has 4 saturated carbocycles. The second-order valence-electron chi connectivity index (χ2n) is 9.38. The summed E-state index contributed by atoms with van der Waals surface area (Å²) in [5.41, 5.74) is -2.27. The van der Waals surface area contributed by atoms with Crippen LogP contribution in [0.5, 0.6) is 0 Å². The quantitative estimate of drug-likeness (QED) is 0.500. The van der Waals surface area contributed by atoms with Crippen LogP contribution in [0, 0.1) is 17.8 Å². The van der Waals surface area contributed by atoms with Crippen LogP contribution in [0.1, 0.15) is 43.7 Å². The number of rotatable bonds is 5. The largest absolute Gasteiger partial charge is 0.490 e. The Bertz CT molecular complexity index is 920. The van der Waals surface area contributed by atoms with Gasteiger partial charge in [-0.1, -0.05) is 30.3 Å². The minimum Gasteiger partial charge on any atom is -0.452 e. The summed E-state index contributed by atoms with van der Waals surface area (Å²) in [7, 11) is 1.43. The van der Waals surface area contributed by atoms with Crippen molar-refractivity contribution in [1.29, 1.82) is 0 Å². The number of halogens is 6. The fourth-order valence-electron chi connectivity index (χ4n) is 6.51. The molecule has 6 atom stereocenters. The molecule has 182 valence electrons. The predicted molar refractivity (Wildman–Crippen MR) is 102 cm³/mol. The number of nitrogens with one attached hydrogen (secondary N) is 1. The van der Waals surface area contributed by atoms with Crippen LogP contribution in [-0.4, -0.2) is 42.5 Å². The lowest BCUT2D eigenvalue weighted by Gasteiger charge is -2.65. The van der Waals surface area contributed by atoms with Crippen LogP contribution in [0.4, 0.5) is 26.3 Å². The Morgan fingerprint density at radius 3 is 2.27 bits per heavy atom. The van der Waals surface area contributed by atoms with Crippen molar-refractivity contribution in [2.24, 2.45) is 17.8 Å². The molecule has 4 aliphatic rings. The molecule has 1 amide bonds. The number of amides is 1. The SMILES string of the molecule is CO[C@@]12CC3CC(C1)[C@H]([C@@H](NC(=O)C(F)(F)F)c1ccccc1)[C@](OC(=O)C(F)(F)F)(C3)C2. The van der Waals surface area contributed by atoms with Gasteiger partial charge in [0.15, 0.2) is 0 Å². The number of carbonyl (C=O) groups is 2. The highest BCUT2D eigenvalue weighted by atomic mass is 19.4. The molecule has 4 bridgehead atoms. The van der Waals surface area contributed by atoms with E-state index in [2.05, 4.69) is 0 Å². The summed E-state index contributed by atoms with van der Waals surface area (Å²) < 4.78 is 89.9. The molecule has 0 spiro atoms. The third-order valence-corrected chi connectivity index (χ3v) is 7.32. The van der Waals surface area contributed by atoms with E-state index in [1.165, 1.54) is 19.2 Å². The van der Waals surface area contributed by atoms with E-state index >= 15 is 0 Å². The van der Waals surface area contributed by atoms with Gasteiger partial charge in [0.1, 0.15) is 5.60 Å². The van der Waals surface area contributed by atoms with E-state index in [1.54, 1.807) is 18.2 Å². The van der Waals surface area contributed by atoms with Gasteiger partial charge in [-0.15, -0.1) is 0 Å². The number of hydrogen-bond acceptors (Lipinski definition) is 4. The molecular formula is C22H23F6NO4. The van der Waals surface area contributed by atoms with Crippen molar-refractivity contribution in [3.8, 4) is 0 Å². The summed E-state index contributed by atoms with van der Waals surface area (Å²) in [6.07, 6.45) is -8.99. The summed E-state index contributed by atoms with van der Waals surface area (Å²) in [5.74, 6) is -6.11. The molecular weight excluding hydrogens is 456 g/mol. The molecule has 1 N–H and O–H groups in total. The highest BCUT2D eigenvalue weighted by molar-refractivity contribution is 5.82. The minimum atomic E-state index is -5.27. The zero-order chi connectivity index (χ0) is 24.2. The van der Waals surface area contributed by atoms with Crippen molar-refractivity contribution in [2.75, 3.05) is 7.11 Å². The average Bonchev–Trinajstić information content (AvgIpc) is 2.71. The standard InChI is InChI=1S/C22H23F6NO4/c1-32-19-8-12-7-14(10-19)15(20(9-12,11-19)33-18(31)22(26,27)28)16(13-5-3-2-4-6-13)29-17(30)21(23,24)25/h2-6,12,14-16H,7-11H2,1H3,(H,29,30)/t12?,14?,15-,16+,19+,20+/m1/s1. The first-order valence-corrected chi connectivity index (χ1v) is 10.6. The number of ether oxygens (including phenoxy) is 2. The van der Waals surface area contributed by atoms with Gasteiger partial charge in [0.05, 0.1) is 11.6 Å². The van der Waals surface area contributed by atoms with E-state index in [9.17, 15) is 35.9 Å². The van der Waals surface area contributed by atoms with E-state index in [4.69, 9.17) is 9.47 Å². The Kier molecular flexibility index (Phi) is 5.70. The van der Waals surface area contributed by atoms with Crippen LogP contribution in [0.15, 0.2) is 30.3 Å². The molecule has 4 aliphatic carbocycles. The Morgan fingerprint density at radius 1 is 1.03 bits per heavy atom. The van der Waals surface area contributed by atoms with Crippen LogP contribution >= 0.6 is 0 Å². The summed E-state index contributed by atoms with van der Waals surface area (Å²) in [5, 5.41) is 1.99. The average molecular weight is 479 g/mol. The maximum absolute atomic E-state index is 13.2. The zero-order valence-electron chi connectivity index (χ0n) is 17.6. The van der Waals surface area contributed by atoms with Crippen molar-refractivity contribution < 1.29 is 45.4 Å². The van der Waals surface area contributed by atoms with Gasteiger partial charge in [0.2, 0.25) is 0 Å². The number of carbonyl (C=O) groups excluding carboxylic acids is 2. The van der Waals surface area contributed by atoms with Crippen molar-refractivity contribution in [1.82, 2.24) is 5.32 Å². The fourth-order valence-corrected chi connectivity index (χ4v) is 6.51. The van der Waals surface area contributed by atoms with Gasteiger partial charge < -0.3 is 14.8 Å². The first-order chi connectivity index (χ1) is 15.3. The molecule has 0 aromatic heterocycles. The summed E-state index contributed by atoms with van der Waals surface area (Å²) in [6.45, 7) is 0. The van der Waals surface area contributed by atoms with Crippen molar-refractivity contribution in [3.05, 3.63) is 35.9 Å².